The van der Waals surface area contributed by atoms with Gasteiger partial charge < -0.3 is 20.8 Å². The van der Waals surface area contributed by atoms with E-state index in [0.717, 1.165) is 33.0 Å². The first-order valence-corrected chi connectivity index (χ1v) is 11.2. The van der Waals surface area contributed by atoms with Gasteiger partial charge in [0.2, 0.25) is 5.91 Å². The Hall–Kier alpha value is -3.64. The molecular formula is C26H25N3O2S. The van der Waals surface area contributed by atoms with Gasteiger partial charge in [0.1, 0.15) is 5.75 Å². The van der Waals surface area contributed by atoms with Gasteiger partial charge in [0.15, 0.2) is 0 Å². The molecule has 4 aromatic rings. The second-order valence-electron chi connectivity index (χ2n) is 7.43. The predicted molar refractivity (Wildman–Crippen MR) is 135 cm³/mol. The molecule has 0 unspecified atom stereocenters. The number of carbonyl (C=O) groups is 1. The molecule has 1 aromatic heterocycles. The van der Waals surface area contributed by atoms with Gasteiger partial charge in [-0.25, -0.2) is 0 Å². The highest BCUT2D eigenvalue weighted by Gasteiger charge is 2.14. The maximum Gasteiger partial charge on any atom is 0.224 e. The molecule has 0 radical (unpaired) electrons. The number of aryl methyl sites for hydroxylation is 1. The van der Waals surface area contributed by atoms with Gasteiger partial charge in [-0.1, -0.05) is 30.3 Å². The zero-order valence-electron chi connectivity index (χ0n) is 18.1. The maximum atomic E-state index is 12.7. The Bertz CT molecular complexity index is 1250. The normalized spacial score (nSPS) is 10.7. The summed E-state index contributed by atoms with van der Waals surface area (Å²) < 4.78 is 6.46. The molecule has 1 amide bonds. The number of nitrogens with one attached hydrogen (secondary N) is 3. The van der Waals surface area contributed by atoms with Crippen molar-refractivity contribution < 1.29 is 9.53 Å². The SMILES string of the molecule is CNc1c(C=N)cc(NC(=O)CCc2cccc(OC)c2)cc1-c1cc2ccccc2s1. The van der Waals surface area contributed by atoms with Crippen molar-refractivity contribution in [3.63, 3.8) is 0 Å². The van der Waals surface area contributed by atoms with Gasteiger partial charge in [-0.2, -0.15) is 0 Å². The van der Waals surface area contributed by atoms with E-state index in [2.05, 4.69) is 28.8 Å². The third-order valence-corrected chi connectivity index (χ3v) is 6.47. The molecule has 0 spiro atoms. The van der Waals surface area contributed by atoms with Crippen molar-refractivity contribution in [1.29, 1.82) is 5.41 Å². The van der Waals surface area contributed by atoms with Crippen molar-refractivity contribution in [3.8, 4) is 16.2 Å². The zero-order chi connectivity index (χ0) is 22.5. The Morgan fingerprint density at radius 2 is 1.94 bits per heavy atom. The molecule has 0 saturated heterocycles. The second kappa shape index (κ2) is 9.66. The average Bonchev–Trinajstić information content (AvgIpc) is 3.26. The lowest BCUT2D eigenvalue weighted by Crippen LogP contribution is -2.13. The van der Waals surface area contributed by atoms with Gasteiger partial charge >= 0.3 is 0 Å². The Morgan fingerprint density at radius 1 is 1.09 bits per heavy atom. The van der Waals surface area contributed by atoms with Crippen molar-refractivity contribution in [2.45, 2.75) is 12.8 Å². The summed E-state index contributed by atoms with van der Waals surface area (Å²) in [6.45, 7) is 0. The van der Waals surface area contributed by atoms with Crippen LogP contribution in [0.15, 0.2) is 66.7 Å². The van der Waals surface area contributed by atoms with Crippen LogP contribution in [-0.2, 0) is 11.2 Å². The number of rotatable bonds is 8. The first-order valence-electron chi connectivity index (χ1n) is 10.4. The summed E-state index contributed by atoms with van der Waals surface area (Å²) in [6, 6.07) is 22.0. The minimum atomic E-state index is -0.0664. The lowest BCUT2D eigenvalue weighted by Gasteiger charge is -2.15. The van der Waals surface area contributed by atoms with Crippen molar-refractivity contribution in [1.82, 2.24) is 0 Å². The molecule has 0 aliphatic rings. The number of methoxy groups -OCH3 is 1. The Labute approximate surface area is 191 Å². The largest absolute Gasteiger partial charge is 0.497 e. The van der Waals surface area contributed by atoms with E-state index in [1.54, 1.807) is 18.4 Å². The summed E-state index contributed by atoms with van der Waals surface area (Å²) in [7, 11) is 3.49. The van der Waals surface area contributed by atoms with Crippen LogP contribution in [0.3, 0.4) is 0 Å². The number of ether oxygens (including phenoxy) is 1. The molecule has 3 aromatic carbocycles. The number of thiophene rings is 1. The second-order valence-corrected chi connectivity index (χ2v) is 8.51. The number of hydrogen-bond acceptors (Lipinski definition) is 5. The Balaban J connectivity index is 1.59. The van der Waals surface area contributed by atoms with Crippen LogP contribution in [0.25, 0.3) is 20.5 Å². The van der Waals surface area contributed by atoms with E-state index in [1.165, 1.54) is 16.3 Å². The number of anilines is 2. The summed E-state index contributed by atoms with van der Waals surface area (Å²) in [5.74, 6) is 0.720. The summed E-state index contributed by atoms with van der Waals surface area (Å²) in [5.41, 5.74) is 4.31. The zero-order valence-corrected chi connectivity index (χ0v) is 18.9. The van der Waals surface area contributed by atoms with Crippen LogP contribution in [0.5, 0.6) is 5.75 Å². The third kappa shape index (κ3) is 4.65. The number of carbonyl (C=O) groups excluding carboxylic acids is 1. The lowest BCUT2D eigenvalue weighted by molar-refractivity contribution is -0.116. The molecule has 6 heteroatoms. The molecule has 162 valence electrons. The third-order valence-electron chi connectivity index (χ3n) is 5.32. The van der Waals surface area contributed by atoms with E-state index in [4.69, 9.17) is 10.1 Å². The number of benzene rings is 3. The monoisotopic (exact) mass is 443 g/mol. The topological polar surface area (TPSA) is 74.2 Å². The van der Waals surface area contributed by atoms with Crippen molar-refractivity contribution in [3.05, 3.63) is 77.9 Å². The minimum absolute atomic E-state index is 0.0664. The van der Waals surface area contributed by atoms with Crippen LogP contribution >= 0.6 is 11.3 Å². The van der Waals surface area contributed by atoms with Crippen LogP contribution in [0, 0.1) is 5.41 Å². The van der Waals surface area contributed by atoms with Gasteiger partial charge in [-0.05, 0) is 53.8 Å². The van der Waals surface area contributed by atoms with Gasteiger partial charge in [-0.3, -0.25) is 4.79 Å². The molecule has 0 bridgehead atoms. The predicted octanol–water partition coefficient (Wildman–Crippen LogP) is 6.19. The van der Waals surface area contributed by atoms with Gasteiger partial charge in [0.05, 0.1) is 12.8 Å². The lowest BCUT2D eigenvalue weighted by atomic mass is 10.0. The highest BCUT2D eigenvalue weighted by Crippen LogP contribution is 2.40. The van der Waals surface area contributed by atoms with E-state index in [9.17, 15) is 4.79 Å². The molecule has 0 fully saturated rings. The number of hydrogen-bond donors (Lipinski definition) is 3. The first kappa shape index (κ1) is 21.6. The van der Waals surface area contributed by atoms with E-state index < -0.39 is 0 Å². The molecule has 0 saturated carbocycles. The molecule has 3 N–H and O–H groups in total. The molecular weight excluding hydrogens is 418 g/mol. The van der Waals surface area contributed by atoms with Gasteiger partial charge in [-0.15, -0.1) is 11.3 Å². The fourth-order valence-electron chi connectivity index (χ4n) is 3.75. The van der Waals surface area contributed by atoms with Crippen LogP contribution < -0.4 is 15.4 Å². The van der Waals surface area contributed by atoms with E-state index in [0.29, 0.717) is 18.5 Å². The molecule has 4 rings (SSSR count). The minimum Gasteiger partial charge on any atom is -0.497 e. The van der Waals surface area contributed by atoms with Crippen molar-refractivity contribution >= 4 is 44.9 Å². The Morgan fingerprint density at radius 3 is 2.69 bits per heavy atom. The number of fused-ring (bicyclic) bond motifs is 1. The van der Waals surface area contributed by atoms with Crippen LogP contribution in [0.2, 0.25) is 0 Å². The standard InChI is InChI=1S/C26H25N3O2S/c1-28-26-19(16-27)13-20(15-22(26)24-14-18-7-3-4-9-23(18)32-24)29-25(30)11-10-17-6-5-8-21(12-17)31-2/h3-9,12-16,27-28H,10-11H2,1-2H3,(H,29,30). The first-order chi connectivity index (χ1) is 15.6. The molecule has 5 nitrogen and oxygen atoms in total. The molecule has 32 heavy (non-hydrogen) atoms. The van der Waals surface area contributed by atoms with Crippen LogP contribution in [0.1, 0.15) is 17.5 Å². The summed E-state index contributed by atoms with van der Waals surface area (Å²) in [6.07, 6.45) is 2.30. The van der Waals surface area contributed by atoms with E-state index in [-0.39, 0.29) is 5.91 Å². The highest BCUT2D eigenvalue weighted by atomic mass is 32.1. The van der Waals surface area contributed by atoms with Crippen LogP contribution in [0.4, 0.5) is 11.4 Å². The summed E-state index contributed by atoms with van der Waals surface area (Å²) in [4.78, 5) is 13.8. The van der Waals surface area contributed by atoms with Crippen molar-refractivity contribution in [2.75, 3.05) is 24.8 Å². The van der Waals surface area contributed by atoms with Crippen molar-refractivity contribution in [2.24, 2.45) is 0 Å². The molecule has 0 aliphatic heterocycles. The molecule has 0 aliphatic carbocycles. The number of amides is 1. The van der Waals surface area contributed by atoms with Gasteiger partial charge in [0, 0.05) is 46.1 Å². The van der Waals surface area contributed by atoms with Gasteiger partial charge in [0.25, 0.3) is 0 Å². The quantitative estimate of drug-likeness (QED) is 0.284. The van der Waals surface area contributed by atoms with Crippen LogP contribution in [-0.4, -0.2) is 26.3 Å². The van der Waals surface area contributed by atoms with E-state index in [1.807, 2.05) is 55.6 Å². The fraction of sp³-hybridized carbons (Fsp3) is 0.154. The highest BCUT2D eigenvalue weighted by molar-refractivity contribution is 7.22. The molecule has 1 heterocycles. The summed E-state index contributed by atoms with van der Waals surface area (Å²) >= 11 is 1.70. The summed E-state index contributed by atoms with van der Waals surface area (Å²) in [5, 5.41) is 15.3. The molecule has 0 atom stereocenters. The van der Waals surface area contributed by atoms with E-state index >= 15 is 0 Å². The maximum absolute atomic E-state index is 12.7. The average molecular weight is 444 g/mol. The fourth-order valence-corrected chi connectivity index (χ4v) is 4.83. The Kier molecular flexibility index (Phi) is 6.52. The smallest absolute Gasteiger partial charge is 0.224 e.